The van der Waals surface area contributed by atoms with Crippen LogP contribution in [0.4, 0.5) is 10.5 Å². The maximum Gasteiger partial charge on any atom is 0.322 e. The van der Waals surface area contributed by atoms with Gasteiger partial charge in [0.05, 0.1) is 22.6 Å². The molecule has 1 atom stereocenters. The Kier molecular flexibility index (Phi) is 6.50. The van der Waals surface area contributed by atoms with E-state index in [1.165, 1.54) is 0 Å². The van der Waals surface area contributed by atoms with E-state index in [4.69, 9.17) is 4.98 Å². The average Bonchev–Trinajstić information content (AvgIpc) is 2.85. The van der Waals surface area contributed by atoms with E-state index in [0.717, 1.165) is 34.5 Å². The predicted octanol–water partition coefficient (Wildman–Crippen LogP) is 5.79. The first-order chi connectivity index (χ1) is 16.3. The number of hydrogen-bond acceptors (Lipinski definition) is 3. The molecule has 0 fully saturated rings. The Morgan fingerprint density at radius 1 is 1.00 bits per heavy atom. The summed E-state index contributed by atoms with van der Waals surface area (Å²) < 4.78 is 1.66. The van der Waals surface area contributed by atoms with Crippen LogP contribution >= 0.6 is 0 Å². The van der Waals surface area contributed by atoms with Gasteiger partial charge in [-0.05, 0) is 62.1 Å². The van der Waals surface area contributed by atoms with Crippen LogP contribution in [0.15, 0.2) is 71.5 Å². The first-order valence-corrected chi connectivity index (χ1v) is 11.5. The Morgan fingerprint density at radius 3 is 2.35 bits per heavy atom. The van der Waals surface area contributed by atoms with Gasteiger partial charge in [-0.1, -0.05) is 55.5 Å². The first-order valence-electron chi connectivity index (χ1n) is 11.5. The van der Waals surface area contributed by atoms with Gasteiger partial charge in [0.2, 0.25) is 0 Å². The molecule has 0 aliphatic rings. The predicted molar refractivity (Wildman–Crippen MR) is 138 cm³/mol. The summed E-state index contributed by atoms with van der Waals surface area (Å²) in [4.78, 5) is 33.4. The zero-order chi connectivity index (χ0) is 24.4. The third kappa shape index (κ3) is 4.19. The van der Waals surface area contributed by atoms with Gasteiger partial charge in [0.25, 0.3) is 5.56 Å². The van der Waals surface area contributed by atoms with E-state index in [-0.39, 0.29) is 11.6 Å². The number of para-hydroxylation sites is 3. The first kappa shape index (κ1) is 23.2. The highest BCUT2D eigenvalue weighted by Gasteiger charge is 2.25. The third-order valence-corrected chi connectivity index (χ3v) is 6.40. The van der Waals surface area contributed by atoms with Gasteiger partial charge in [-0.3, -0.25) is 9.36 Å². The van der Waals surface area contributed by atoms with Crippen molar-refractivity contribution in [3.05, 3.63) is 99.6 Å². The van der Waals surface area contributed by atoms with Crippen LogP contribution < -0.4 is 10.9 Å². The number of nitrogens with zero attached hydrogens (tertiary/aromatic N) is 3. The number of aromatic nitrogens is 2. The molecule has 0 bridgehead atoms. The smallest absolute Gasteiger partial charge is 0.318 e. The molecule has 1 unspecified atom stereocenters. The van der Waals surface area contributed by atoms with Gasteiger partial charge in [-0.15, -0.1) is 0 Å². The molecule has 0 radical (unpaired) electrons. The van der Waals surface area contributed by atoms with Crippen molar-refractivity contribution in [1.82, 2.24) is 14.5 Å². The zero-order valence-corrected chi connectivity index (χ0v) is 20.3. The fourth-order valence-corrected chi connectivity index (χ4v) is 4.25. The molecular formula is C28H30N4O2. The van der Waals surface area contributed by atoms with Crippen molar-refractivity contribution in [1.29, 1.82) is 0 Å². The number of nitrogens with one attached hydrogen (secondary N) is 1. The quantitative estimate of drug-likeness (QED) is 0.415. The molecule has 0 saturated carbocycles. The lowest BCUT2D eigenvalue weighted by Gasteiger charge is -2.28. The number of amides is 2. The van der Waals surface area contributed by atoms with E-state index < -0.39 is 6.04 Å². The second-order valence-electron chi connectivity index (χ2n) is 8.59. The molecular weight excluding hydrogens is 424 g/mol. The van der Waals surface area contributed by atoms with Crippen molar-refractivity contribution in [3.63, 3.8) is 0 Å². The summed E-state index contributed by atoms with van der Waals surface area (Å²) in [5.74, 6) is 0.517. The van der Waals surface area contributed by atoms with E-state index in [9.17, 15) is 9.59 Å². The number of fused-ring (bicyclic) bond motifs is 1. The lowest BCUT2D eigenvalue weighted by molar-refractivity contribution is 0.205. The minimum Gasteiger partial charge on any atom is -0.318 e. The Balaban J connectivity index is 1.83. The zero-order valence-electron chi connectivity index (χ0n) is 20.3. The lowest BCUT2D eigenvalue weighted by Crippen LogP contribution is -2.37. The van der Waals surface area contributed by atoms with Crippen LogP contribution in [0.5, 0.6) is 0 Å². The summed E-state index contributed by atoms with van der Waals surface area (Å²) >= 11 is 0. The van der Waals surface area contributed by atoms with Crippen LogP contribution in [0, 0.1) is 13.8 Å². The molecule has 174 valence electrons. The van der Waals surface area contributed by atoms with Gasteiger partial charge in [-0.25, -0.2) is 9.78 Å². The van der Waals surface area contributed by atoms with Gasteiger partial charge in [0, 0.05) is 12.7 Å². The molecule has 4 rings (SSSR count). The monoisotopic (exact) mass is 454 g/mol. The minimum atomic E-state index is -0.466. The third-order valence-electron chi connectivity index (χ3n) is 6.40. The summed E-state index contributed by atoms with van der Waals surface area (Å²) in [6, 6.07) is 20.3. The SMILES string of the molecule is CCc1ccccc1-n1c(C(C)N(C)C(=O)Nc2c(C)cccc2C)nc2ccccc2c1=O. The fourth-order valence-electron chi connectivity index (χ4n) is 4.25. The van der Waals surface area contributed by atoms with Crippen molar-refractivity contribution in [2.45, 2.75) is 40.2 Å². The van der Waals surface area contributed by atoms with Crippen LogP contribution in [0.25, 0.3) is 16.6 Å². The van der Waals surface area contributed by atoms with E-state index in [0.29, 0.717) is 16.7 Å². The molecule has 3 aromatic carbocycles. The molecule has 6 heteroatoms. The van der Waals surface area contributed by atoms with Crippen molar-refractivity contribution in [2.24, 2.45) is 0 Å². The van der Waals surface area contributed by atoms with Gasteiger partial charge >= 0.3 is 6.03 Å². The molecule has 1 aromatic heterocycles. The molecule has 1 N–H and O–H groups in total. The minimum absolute atomic E-state index is 0.142. The molecule has 4 aromatic rings. The van der Waals surface area contributed by atoms with Crippen LogP contribution in [0.3, 0.4) is 0 Å². The average molecular weight is 455 g/mol. The second kappa shape index (κ2) is 9.51. The highest BCUT2D eigenvalue weighted by Crippen LogP contribution is 2.25. The topological polar surface area (TPSA) is 67.2 Å². The highest BCUT2D eigenvalue weighted by atomic mass is 16.2. The summed E-state index contributed by atoms with van der Waals surface area (Å²) in [5.41, 5.74) is 5.09. The Hall–Kier alpha value is -3.93. The fraction of sp³-hybridized carbons (Fsp3) is 0.250. The van der Waals surface area contributed by atoms with E-state index in [2.05, 4.69) is 12.2 Å². The van der Waals surface area contributed by atoms with E-state index >= 15 is 0 Å². The number of benzene rings is 3. The van der Waals surface area contributed by atoms with Crippen molar-refractivity contribution >= 4 is 22.6 Å². The van der Waals surface area contributed by atoms with Crippen molar-refractivity contribution < 1.29 is 4.79 Å². The molecule has 0 aliphatic heterocycles. The number of carbonyl (C=O) groups excluding carboxylic acids is 1. The molecule has 2 amide bonds. The highest BCUT2D eigenvalue weighted by molar-refractivity contribution is 5.91. The molecule has 0 saturated heterocycles. The number of hydrogen-bond donors (Lipinski definition) is 1. The number of anilines is 1. The summed E-state index contributed by atoms with van der Waals surface area (Å²) in [7, 11) is 1.73. The van der Waals surface area contributed by atoms with Gasteiger partial charge in [0.1, 0.15) is 5.82 Å². The van der Waals surface area contributed by atoms with Gasteiger partial charge in [0.15, 0.2) is 0 Å². The summed E-state index contributed by atoms with van der Waals surface area (Å²) in [6.45, 7) is 7.89. The molecule has 0 aliphatic carbocycles. The maximum atomic E-state index is 13.7. The molecule has 0 spiro atoms. The molecule has 6 nitrogen and oxygen atoms in total. The van der Waals surface area contributed by atoms with Crippen LogP contribution in [0.2, 0.25) is 0 Å². The molecule has 34 heavy (non-hydrogen) atoms. The second-order valence-corrected chi connectivity index (χ2v) is 8.59. The normalized spacial score (nSPS) is 11.9. The standard InChI is InChI=1S/C28H30N4O2/c1-6-21-14-7-10-17-24(21)32-26(29-23-16-9-8-15-22(23)27(32)33)20(4)31(5)28(34)30-25-18(2)12-11-13-19(25)3/h7-17,20H,6H2,1-5H3,(H,30,34). The Bertz CT molecular complexity index is 1400. The Morgan fingerprint density at radius 2 is 1.65 bits per heavy atom. The molecule has 1 heterocycles. The van der Waals surface area contributed by atoms with Crippen molar-refractivity contribution in [3.8, 4) is 5.69 Å². The van der Waals surface area contributed by atoms with E-state index in [1.54, 1.807) is 22.6 Å². The number of carbonyl (C=O) groups is 1. The van der Waals surface area contributed by atoms with E-state index in [1.807, 2.05) is 81.4 Å². The summed E-state index contributed by atoms with van der Waals surface area (Å²) in [5, 5.41) is 3.58. The van der Waals surface area contributed by atoms with Crippen molar-refractivity contribution in [2.75, 3.05) is 12.4 Å². The van der Waals surface area contributed by atoms with Crippen LogP contribution in [0.1, 0.15) is 42.4 Å². The largest absolute Gasteiger partial charge is 0.322 e. The number of aryl methyl sites for hydroxylation is 3. The van der Waals surface area contributed by atoms with Crippen LogP contribution in [-0.2, 0) is 6.42 Å². The Labute approximate surface area is 199 Å². The number of rotatable bonds is 5. The van der Waals surface area contributed by atoms with Crippen LogP contribution in [-0.4, -0.2) is 27.5 Å². The van der Waals surface area contributed by atoms with Gasteiger partial charge < -0.3 is 10.2 Å². The summed E-state index contributed by atoms with van der Waals surface area (Å²) in [6.07, 6.45) is 0.770. The number of urea groups is 1. The van der Waals surface area contributed by atoms with Gasteiger partial charge in [-0.2, -0.15) is 0 Å². The lowest BCUT2D eigenvalue weighted by atomic mass is 10.1. The maximum absolute atomic E-state index is 13.7.